The number of ketones is 1. The Bertz CT molecular complexity index is 1620. The highest BCUT2D eigenvalue weighted by molar-refractivity contribution is 8.01. The molecule has 0 radical (unpaired) electrons. The van der Waals surface area contributed by atoms with Crippen molar-refractivity contribution in [2.24, 2.45) is 5.73 Å². The van der Waals surface area contributed by atoms with E-state index in [2.05, 4.69) is 21.6 Å². The van der Waals surface area contributed by atoms with Gasteiger partial charge in [0, 0.05) is 23.4 Å². The number of methoxy groups -OCH3 is 2. The van der Waals surface area contributed by atoms with Gasteiger partial charge in [-0.05, 0) is 49.1 Å². The van der Waals surface area contributed by atoms with Gasteiger partial charge in [-0.1, -0.05) is 47.4 Å². The summed E-state index contributed by atoms with van der Waals surface area (Å²) in [6, 6.07) is 15.2. The van der Waals surface area contributed by atoms with Gasteiger partial charge in [-0.2, -0.15) is 5.26 Å². The molecule has 1 aromatic heterocycles. The number of aromatic nitrogens is 2. The van der Waals surface area contributed by atoms with E-state index >= 15 is 0 Å². The van der Waals surface area contributed by atoms with Gasteiger partial charge in [0.15, 0.2) is 21.6 Å². The number of nitriles is 1. The standard InChI is InChI=1S/C29H28N6O4S2/c1-16-7-4-5-8-19(16)32-24(37)15-40-29-34-33-28(41-29)35-20-9-6-10-21(36)26(20)25(18(14-30)27(35)31)17-11-12-22(38-2)23(13-17)39-3/h4-5,7-8,11-13,25H,6,9-10,15,31H2,1-3H3,(H,32,37). The highest BCUT2D eigenvalue weighted by atomic mass is 32.2. The lowest BCUT2D eigenvalue weighted by molar-refractivity contribution is -0.116. The van der Waals surface area contributed by atoms with Crippen LogP contribution in [0.15, 0.2) is 69.5 Å². The second-order valence-corrected chi connectivity index (χ2v) is 11.6. The SMILES string of the molecule is COc1ccc(C2C(C#N)=C(N)N(c3nnc(SCC(=O)Nc4ccccc4C)s3)C3=C2C(=O)CCC3)cc1OC. The number of amides is 1. The summed E-state index contributed by atoms with van der Waals surface area (Å²) < 4.78 is 11.4. The number of nitrogens with one attached hydrogen (secondary N) is 1. The minimum atomic E-state index is -0.647. The number of rotatable bonds is 8. The molecule has 12 heteroatoms. The zero-order valence-corrected chi connectivity index (χ0v) is 24.4. The summed E-state index contributed by atoms with van der Waals surface area (Å²) in [4.78, 5) is 27.6. The van der Waals surface area contributed by atoms with E-state index in [4.69, 9.17) is 15.2 Å². The molecule has 10 nitrogen and oxygen atoms in total. The molecule has 1 amide bonds. The second kappa shape index (κ2) is 12.0. The van der Waals surface area contributed by atoms with Gasteiger partial charge in [0.25, 0.3) is 0 Å². The number of anilines is 2. The molecule has 0 fully saturated rings. The number of hydrogen-bond acceptors (Lipinski definition) is 11. The Kier molecular flexibility index (Phi) is 8.28. The molecule has 41 heavy (non-hydrogen) atoms. The lowest BCUT2D eigenvalue weighted by Gasteiger charge is -2.38. The second-order valence-electron chi connectivity index (χ2n) is 9.43. The zero-order chi connectivity index (χ0) is 29.1. The largest absolute Gasteiger partial charge is 0.493 e. The molecule has 0 bridgehead atoms. The smallest absolute Gasteiger partial charge is 0.234 e. The summed E-state index contributed by atoms with van der Waals surface area (Å²) >= 11 is 2.51. The van der Waals surface area contributed by atoms with E-state index in [9.17, 15) is 14.9 Å². The van der Waals surface area contributed by atoms with Crippen LogP contribution in [0, 0.1) is 18.3 Å². The van der Waals surface area contributed by atoms with Crippen molar-refractivity contribution < 1.29 is 19.1 Å². The van der Waals surface area contributed by atoms with Gasteiger partial charge in [-0.15, -0.1) is 10.2 Å². The van der Waals surface area contributed by atoms with Crippen LogP contribution in [0.25, 0.3) is 0 Å². The first-order chi connectivity index (χ1) is 19.9. The van der Waals surface area contributed by atoms with Crippen molar-refractivity contribution in [3.8, 4) is 17.6 Å². The minimum absolute atomic E-state index is 0.0386. The lowest BCUT2D eigenvalue weighted by atomic mass is 9.75. The van der Waals surface area contributed by atoms with Crippen LogP contribution in [-0.2, 0) is 9.59 Å². The predicted molar refractivity (Wildman–Crippen MR) is 158 cm³/mol. The fourth-order valence-electron chi connectivity index (χ4n) is 5.05. The maximum atomic E-state index is 13.4. The highest BCUT2D eigenvalue weighted by Crippen LogP contribution is 2.48. The van der Waals surface area contributed by atoms with Crippen LogP contribution < -0.4 is 25.4 Å². The van der Waals surface area contributed by atoms with Gasteiger partial charge in [0.1, 0.15) is 5.82 Å². The number of hydrogen-bond donors (Lipinski definition) is 2. The van der Waals surface area contributed by atoms with Gasteiger partial charge in [0.05, 0.1) is 37.5 Å². The number of nitrogens with two attached hydrogens (primary N) is 1. The fraction of sp³-hybridized carbons (Fsp3) is 0.276. The number of Topliss-reactive ketones (excluding diaryl/α,β-unsaturated/α-hetero) is 1. The monoisotopic (exact) mass is 588 g/mol. The molecule has 2 aliphatic rings. The van der Waals surface area contributed by atoms with Crippen LogP contribution in [0.2, 0.25) is 0 Å². The van der Waals surface area contributed by atoms with Crippen LogP contribution >= 0.6 is 23.1 Å². The van der Waals surface area contributed by atoms with Crippen molar-refractivity contribution in [1.82, 2.24) is 10.2 Å². The molecule has 2 heterocycles. The number of para-hydroxylation sites is 1. The molecule has 210 valence electrons. The quantitative estimate of drug-likeness (QED) is 0.349. The van der Waals surface area contributed by atoms with Crippen molar-refractivity contribution in [1.29, 1.82) is 5.26 Å². The van der Waals surface area contributed by atoms with E-state index < -0.39 is 5.92 Å². The maximum Gasteiger partial charge on any atom is 0.234 e. The molecule has 1 unspecified atom stereocenters. The third-order valence-electron chi connectivity index (χ3n) is 6.99. The zero-order valence-electron chi connectivity index (χ0n) is 22.8. The molecular weight excluding hydrogens is 560 g/mol. The first-order valence-corrected chi connectivity index (χ1v) is 14.7. The Balaban J connectivity index is 1.45. The summed E-state index contributed by atoms with van der Waals surface area (Å²) in [5.74, 6) is 0.530. The third-order valence-corrected chi connectivity index (χ3v) is 9.03. The Morgan fingerprint density at radius 1 is 1.20 bits per heavy atom. The highest BCUT2D eigenvalue weighted by Gasteiger charge is 2.41. The number of allylic oxidation sites excluding steroid dienone is 3. The molecule has 0 spiro atoms. The lowest BCUT2D eigenvalue weighted by Crippen LogP contribution is -2.38. The summed E-state index contributed by atoms with van der Waals surface area (Å²) in [6.07, 6.45) is 1.62. The van der Waals surface area contributed by atoms with E-state index in [1.165, 1.54) is 30.2 Å². The average Bonchev–Trinajstić information content (AvgIpc) is 3.45. The van der Waals surface area contributed by atoms with E-state index in [-0.39, 0.29) is 28.8 Å². The molecule has 2 aromatic carbocycles. The Morgan fingerprint density at radius 2 is 1.98 bits per heavy atom. The van der Waals surface area contributed by atoms with E-state index in [1.54, 1.807) is 24.1 Å². The van der Waals surface area contributed by atoms with Gasteiger partial charge >= 0.3 is 0 Å². The van der Waals surface area contributed by atoms with Crippen molar-refractivity contribution in [3.05, 3.63) is 76.3 Å². The molecule has 3 aromatic rings. The van der Waals surface area contributed by atoms with Crippen molar-refractivity contribution in [2.45, 2.75) is 36.4 Å². The third kappa shape index (κ3) is 5.51. The van der Waals surface area contributed by atoms with Crippen molar-refractivity contribution >= 4 is 45.6 Å². The number of aryl methyl sites for hydroxylation is 1. The normalized spacial score (nSPS) is 16.8. The van der Waals surface area contributed by atoms with Gasteiger partial charge in [-0.3, -0.25) is 14.5 Å². The van der Waals surface area contributed by atoms with Crippen LogP contribution in [0.5, 0.6) is 11.5 Å². The fourth-order valence-corrected chi connectivity index (χ4v) is 6.73. The molecule has 1 aliphatic carbocycles. The van der Waals surface area contributed by atoms with Gasteiger partial charge < -0.3 is 20.5 Å². The molecule has 0 saturated heterocycles. The number of carbonyl (C=O) groups is 2. The number of carbonyl (C=O) groups excluding carboxylic acids is 2. The summed E-state index contributed by atoms with van der Waals surface area (Å²) in [5.41, 5.74) is 10.6. The number of nitrogens with zero attached hydrogens (tertiary/aromatic N) is 4. The van der Waals surface area contributed by atoms with Crippen LogP contribution in [0.3, 0.4) is 0 Å². The molecule has 1 aliphatic heterocycles. The Morgan fingerprint density at radius 3 is 2.71 bits per heavy atom. The minimum Gasteiger partial charge on any atom is -0.493 e. The van der Waals surface area contributed by atoms with Crippen molar-refractivity contribution in [2.75, 3.05) is 30.2 Å². The Labute approximate surface area is 245 Å². The van der Waals surface area contributed by atoms with Crippen LogP contribution in [0.4, 0.5) is 10.8 Å². The first-order valence-electron chi connectivity index (χ1n) is 12.9. The van der Waals surface area contributed by atoms with Gasteiger partial charge in [0.2, 0.25) is 11.0 Å². The topological polar surface area (TPSA) is 143 Å². The van der Waals surface area contributed by atoms with Crippen LogP contribution in [0.1, 0.15) is 36.3 Å². The molecule has 1 atom stereocenters. The average molecular weight is 589 g/mol. The van der Waals surface area contributed by atoms with E-state index in [0.29, 0.717) is 57.1 Å². The Hall–Kier alpha value is -4.34. The molecule has 3 N–H and O–H groups in total. The molecule has 5 rings (SSSR count). The number of ether oxygens (including phenoxy) is 2. The van der Waals surface area contributed by atoms with Gasteiger partial charge in [-0.25, -0.2) is 0 Å². The molecule has 0 saturated carbocycles. The van der Waals surface area contributed by atoms with Crippen molar-refractivity contribution in [3.63, 3.8) is 0 Å². The van der Waals surface area contributed by atoms with E-state index in [0.717, 1.165) is 11.3 Å². The maximum absolute atomic E-state index is 13.4. The molecular formula is C29H28N6O4S2. The van der Waals surface area contributed by atoms with E-state index in [1.807, 2.05) is 37.3 Å². The summed E-state index contributed by atoms with van der Waals surface area (Å²) in [5, 5.41) is 22.2. The summed E-state index contributed by atoms with van der Waals surface area (Å²) in [7, 11) is 3.08. The number of benzene rings is 2. The number of thioether (sulfide) groups is 1. The van der Waals surface area contributed by atoms with Crippen LogP contribution in [-0.4, -0.2) is 41.9 Å². The first kappa shape index (κ1) is 28.2. The summed E-state index contributed by atoms with van der Waals surface area (Å²) in [6.45, 7) is 1.93. The predicted octanol–water partition coefficient (Wildman–Crippen LogP) is 4.90.